The van der Waals surface area contributed by atoms with Crippen molar-refractivity contribution in [1.29, 1.82) is 0 Å². The quantitative estimate of drug-likeness (QED) is 0.750. The minimum atomic E-state index is -3.67. The van der Waals surface area contributed by atoms with E-state index in [0.717, 1.165) is 24.3 Å². The van der Waals surface area contributed by atoms with Crippen LogP contribution in [-0.4, -0.2) is 33.6 Å². The molecular weight excluding hydrogens is 267 g/mol. The smallest absolute Gasteiger partial charge is 0.182 e. The lowest BCUT2D eigenvalue weighted by molar-refractivity contribution is 0.581. The largest absolute Gasteiger partial charge is 0.229 e. The van der Waals surface area contributed by atoms with Crippen LogP contribution in [0.3, 0.4) is 0 Å². The van der Waals surface area contributed by atoms with Crippen molar-refractivity contribution in [2.75, 3.05) is 11.5 Å². The van der Waals surface area contributed by atoms with Gasteiger partial charge in [0.25, 0.3) is 0 Å². The summed E-state index contributed by atoms with van der Waals surface area (Å²) in [5, 5.41) is -0.905. The summed E-state index contributed by atoms with van der Waals surface area (Å²) in [5.74, 6) is -0.965. The molecule has 94 valence electrons. The van der Waals surface area contributed by atoms with Crippen LogP contribution in [-0.2, 0) is 19.7 Å². The maximum absolute atomic E-state index is 12.7. The Labute approximate surface area is 99.3 Å². The first-order chi connectivity index (χ1) is 7.81. The Hall–Kier alpha value is -0.950. The van der Waals surface area contributed by atoms with Crippen molar-refractivity contribution in [3.05, 3.63) is 30.1 Å². The molecule has 1 fully saturated rings. The molecule has 1 aliphatic heterocycles. The standard InChI is InChI=1S/C10H11FO4S2/c11-8-1-3-9(4-2-8)17(14,15)10-5-6-16(12,13)7-10/h1-4,10H,5-7H2/t10-/m1/s1. The average Bonchev–Trinajstić information content (AvgIpc) is 2.60. The average molecular weight is 278 g/mol. The zero-order chi connectivity index (χ0) is 12.7. The highest BCUT2D eigenvalue weighted by molar-refractivity contribution is 7.96. The number of hydrogen-bond donors (Lipinski definition) is 0. The second-order valence-corrected chi connectivity index (χ2v) is 8.48. The van der Waals surface area contributed by atoms with Crippen molar-refractivity contribution < 1.29 is 21.2 Å². The second kappa shape index (κ2) is 4.06. The summed E-state index contributed by atoms with van der Waals surface area (Å²) in [6.45, 7) is 0. The molecule has 0 amide bonds. The van der Waals surface area contributed by atoms with Gasteiger partial charge < -0.3 is 0 Å². The first-order valence-corrected chi connectivity index (χ1v) is 8.38. The lowest BCUT2D eigenvalue weighted by atomic mass is 10.3. The molecule has 0 bridgehead atoms. The van der Waals surface area contributed by atoms with E-state index in [1.165, 1.54) is 0 Å². The van der Waals surface area contributed by atoms with Crippen LogP contribution in [0.5, 0.6) is 0 Å². The highest BCUT2D eigenvalue weighted by atomic mass is 32.2. The minimum absolute atomic E-state index is 0.0269. The van der Waals surface area contributed by atoms with E-state index in [1.807, 2.05) is 0 Å². The Kier molecular flexibility index (Phi) is 2.99. The summed E-state index contributed by atoms with van der Waals surface area (Å²) < 4.78 is 59.3. The van der Waals surface area contributed by atoms with Gasteiger partial charge in [-0.05, 0) is 30.7 Å². The third kappa shape index (κ3) is 2.50. The third-order valence-corrected chi connectivity index (χ3v) is 6.96. The third-order valence-electron chi connectivity index (χ3n) is 2.77. The van der Waals surface area contributed by atoms with Gasteiger partial charge in [-0.2, -0.15) is 0 Å². The van der Waals surface area contributed by atoms with E-state index >= 15 is 0 Å². The molecule has 0 N–H and O–H groups in total. The van der Waals surface area contributed by atoms with Gasteiger partial charge in [-0.25, -0.2) is 21.2 Å². The number of hydrogen-bond acceptors (Lipinski definition) is 4. The summed E-state index contributed by atoms with van der Waals surface area (Å²) >= 11 is 0. The van der Waals surface area contributed by atoms with Gasteiger partial charge in [0.15, 0.2) is 19.7 Å². The van der Waals surface area contributed by atoms with Crippen LogP contribution >= 0.6 is 0 Å². The van der Waals surface area contributed by atoms with Gasteiger partial charge in [-0.15, -0.1) is 0 Å². The molecule has 2 rings (SSSR count). The molecule has 17 heavy (non-hydrogen) atoms. The summed E-state index contributed by atoms with van der Waals surface area (Å²) in [6, 6.07) is 4.43. The zero-order valence-electron chi connectivity index (χ0n) is 8.84. The van der Waals surface area contributed by atoms with Crippen LogP contribution in [0, 0.1) is 5.82 Å². The molecule has 0 aromatic heterocycles. The van der Waals surface area contributed by atoms with Gasteiger partial charge in [-0.3, -0.25) is 0 Å². The number of sulfone groups is 2. The molecular formula is C10H11FO4S2. The summed E-state index contributed by atoms with van der Waals surface area (Å²) in [4.78, 5) is -0.0269. The predicted octanol–water partition coefficient (Wildman–Crippen LogP) is 0.787. The molecule has 0 aliphatic carbocycles. The first-order valence-electron chi connectivity index (χ1n) is 5.01. The van der Waals surface area contributed by atoms with Crippen molar-refractivity contribution in [1.82, 2.24) is 0 Å². The maximum Gasteiger partial charge on any atom is 0.182 e. The second-order valence-electron chi connectivity index (χ2n) is 4.02. The molecule has 0 saturated carbocycles. The van der Waals surface area contributed by atoms with Crippen molar-refractivity contribution >= 4 is 19.7 Å². The lowest BCUT2D eigenvalue weighted by Crippen LogP contribution is -2.22. The van der Waals surface area contributed by atoms with Crippen molar-refractivity contribution in [2.45, 2.75) is 16.6 Å². The van der Waals surface area contributed by atoms with Crippen molar-refractivity contribution in [3.63, 3.8) is 0 Å². The van der Waals surface area contributed by atoms with Crippen LogP contribution < -0.4 is 0 Å². The van der Waals surface area contributed by atoms with Crippen LogP contribution in [0.25, 0.3) is 0 Å². The predicted molar refractivity (Wildman–Crippen MR) is 60.6 cm³/mol. The lowest BCUT2D eigenvalue weighted by Gasteiger charge is -2.09. The molecule has 1 aromatic carbocycles. The minimum Gasteiger partial charge on any atom is -0.229 e. The fourth-order valence-electron chi connectivity index (χ4n) is 1.82. The first kappa shape index (κ1) is 12.5. The van der Waals surface area contributed by atoms with Gasteiger partial charge in [0.2, 0.25) is 0 Å². The monoisotopic (exact) mass is 278 g/mol. The van der Waals surface area contributed by atoms with E-state index in [-0.39, 0.29) is 22.8 Å². The fraction of sp³-hybridized carbons (Fsp3) is 0.400. The molecule has 1 atom stereocenters. The molecule has 0 radical (unpaired) electrons. The molecule has 0 spiro atoms. The topological polar surface area (TPSA) is 68.3 Å². The van der Waals surface area contributed by atoms with Crippen LogP contribution in [0.2, 0.25) is 0 Å². The fourth-order valence-corrected chi connectivity index (χ4v) is 6.18. The normalized spacial score (nSPS) is 23.7. The molecule has 7 heteroatoms. The number of benzene rings is 1. The number of halogens is 1. The van der Waals surface area contributed by atoms with Crippen molar-refractivity contribution in [2.24, 2.45) is 0 Å². The molecule has 4 nitrogen and oxygen atoms in total. The van der Waals surface area contributed by atoms with E-state index in [1.54, 1.807) is 0 Å². The molecule has 1 aromatic rings. The van der Waals surface area contributed by atoms with E-state index in [4.69, 9.17) is 0 Å². The van der Waals surface area contributed by atoms with E-state index in [9.17, 15) is 21.2 Å². The Balaban J connectivity index is 2.35. The Bertz CT molecular complexity index is 617. The number of rotatable bonds is 2. The maximum atomic E-state index is 12.7. The molecule has 1 aliphatic rings. The van der Waals surface area contributed by atoms with Gasteiger partial charge in [0, 0.05) is 0 Å². The Morgan fingerprint density at radius 3 is 2.24 bits per heavy atom. The molecule has 1 saturated heterocycles. The Morgan fingerprint density at radius 2 is 1.76 bits per heavy atom. The van der Waals surface area contributed by atoms with Crippen LogP contribution in [0.1, 0.15) is 6.42 Å². The molecule has 1 heterocycles. The highest BCUT2D eigenvalue weighted by Crippen LogP contribution is 2.25. The van der Waals surface area contributed by atoms with Gasteiger partial charge in [0.1, 0.15) is 5.82 Å². The van der Waals surface area contributed by atoms with Crippen molar-refractivity contribution in [3.8, 4) is 0 Å². The summed E-state index contributed by atoms with van der Waals surface area (Å²) in [7, 11) is -6.92. The molecule has 0 unspecified atom stereocenters. The van der Waals surface area contributed by atoms with E-state index < -0.39 is 30.7 Å². The van der Waals surface area contributed by atoms with Gasteiger partial charge in [0.05, 0.1) is 21.7 Å². The summed E-state index contributed by atoms with van der Waals surface area (Å²) in [6.07, 6.45) is 0.113. The van der Waals surface area contributed by atoms with Crippen LogP contribution in [0.15, 0.2) is 29.2 Å². The Morgan fingerprint density at radius 1 is 1.18 bits per heavy atom. The zero-order valence-corrected chi connectivity index (χ0v) is 10.5. The summed E-state index contributed by atoms with van der Waals surface area (Å²) in [5.41, 5.74) is 0. The van der Waals surface area contributed by atoms with Crippen LogP contribution in [0.4, 0.5) is 4.39 Å². The van der Waals surface area contributed by atoms with E-state index in [2.05, 4.69) is 0 Å². The van der Waals surface area contributed by atoms with E-state index in [0.29, 0.717) is 0 Å². The van der Waals surface area contributed by atoms with Gasteiger partial charge in [-0.1, -0.05) is 0 Å². The SMILES string of the molecule is O=S1(=O)CC[C@@H](S(=O)(=O)c2ccc(F)cc2)C1. The van der Waals surface area contributed by atoms with Gasteiger partial charge >= 0.3 is 0 Å². The highest BCUT2D eigenvalue weighted by Gasteiger charge is 2.37.